The zero-order valence-electron chi connectivity index (χ0n) is 44.2. The molecule has 8 bridgehead atoms. The van der Waals surface area contributed by atoms with Crippen molar-refractivity contribution in [3.05, 3.63) is 257 Å². The van der Waals surface area contributed by atoms with E-state index in [1.54, 1.807) is 0 Å². The number of rotatable bonds is 4. The molecule has 2 aliphatic heterocycles. The van der Waals surface area contributed by atoms with Crippen molar-refractivity contribution in [1.29, 1.82) is 0 Å². The van der Waals surface area contributed by atoms with Crippen molar-refractivity contribution >= 4 is 33.8 Å². The van der Waals surface area contributed by atoms with Crippen molar-refractivity contribution in [3.63, 3.8) is 0 Å². The van der Waals surface area contributed by atoms with Crippen LogP contribution in [0.3, 0.4) is 0 Å². The number of benzene rings is 5. The topological polar surface area (TPSA) is 73.4 Å². The van der Waals surface area contributed by atoms with Crippen LogP contribution in [0.2, 0.25) is 0 Å². The third-order valence-electron chi connectivity index (χ3n) is 15.0. The number of carbonyl (C=O) groups excluding carboxylic acids is 1. The Kier molecular flexibility index (Phi) is 12.2. The molecule has 5 nitrogen and oxygen atoms in total. The maximum Gasteiger partial charge on any atom is 2.00 e. The minimum Gasteiger partial charge on any atom is -0.657 e. The van der Waals surface area contributed by atoms with E-state index in [1.165, 1.54) is 22.3 Å². The summed E-state index contributed by atoms with van der Waals surface area (Å²) in [6, 6.07) is 56.6. The van der Waals surface area contributed by atoms with E-state index < -0.39 is 0 Å². The number of aromatic amines is 1. The van der Waals surface area contributed by atoms with Gasteiger partial charge in [0.15, 0.2) is 0 Å². The Labute approximate surface area is 444 Å². The first-order valence-corrected chi connectivity index (χ1v) is 25.5. The summed E-state index contributed by atoms with van der Waals surface area (Å²) in [7, 11) is 0. The van der Waals surface area contributed by atoms with Gasteiger partial charge in [0.1, 0.15) is 5.71 Å². The molecular formula is C67H64N4OPd. The summed E-state index contributed by atoms with van der Waals surface area (Å²) in [6.07, 6.45) is 0. The second-order valence-corrected chi connectivity index (χ2v) is 24.1. The van der Waals surface area contributed by atoms with Gasteiger partial charge in [0.2, 0.25) is 5.78 Å². The molecule has 0 saturated heterocycles. The molecule has 6 heteroatoms. The van der Waals surface area contributed by atoms with Crippen LogP contribution in [-0.4, -0.2) is 16.5 Å². The fourth-order valence-corrected chi connectivity index (χ4v) is 10.8. The average Bonchev–Trinajstić information content (AvgIpc) is 4.17. The quantitative estimate of drug-likeness (QED) is 0.179. The number of ketones is 1. The average molecular weight is 1050 g/mol. The summed E-state index contributed by atoms with van der Waals surface area (Å²) in [5, 5.41) is 3.08. The van der Waals surface area contributed by atoms with Gasteiger partial charge in [-0.3, -0.25) is 4.79 Å². The van der Waals surface area contributed by atoms with Crippen molar-refractivity contribution in [2.24, 2.45) is 4.99 Å². The third-order valence-corrected chi connectivity index (χ3v) is 15.0. The summed E-state index contributed by atoms with van der Waals surface area (Å²) in [6.45, 7) is 26.9. The van der Waals surface area contributed by atoms with Gasteiger partial charge in [0.05, 0.1) is 5.70 Å². The zero-order valence-corrected chi connectivity index (χ0v) is 45.7. The van der Waals surface area contributed by atoms with Crippen molar-refractivity contribution in [2.75, 3.05) is 0 Å². The Hall–Kier alpha value is -6.84. The first-order valence-electron chi connectivity index (χ1n) is 25.5. The molecular weight excluding hydrogens is 983 g/mol. The maximum atomic E-state index is 16.1. The van der Waals surface area contributed by atoms with Crippen molar-refractivity contribution in [2.45, 2.75) is 111 Å². The molecule has 3 aliphatic rings. The Morgan fingerprint density at radius 2 is 0.836 bits per heavy atom. The van der Waals surface area contributed by atoms with Crippen LogP contribution in [0.4, 0.5) is 0 Å². The molecule has 368 valence electrons. The van der Waals surface area contributed by atoms with Crippen LogP contribution >= 0.6 is 0 Å². The summed E-state index contributed by atoms with van der Waals surface area (Å²) < 4.78 is 0. The zero-order chi connectivity index (χ0) is 50.6. The molecule has 3 aromatic heterocycles. The number of fused-ring (bicyclic) bond motifs is 8. The summed E-state index contributed by atoms with van der Waals surface area (Å²) in [4.78, 5) is 36.9. The molecule has 0 fully saturated rings. The van der Waals surface area contributed by atoms with Crippen molar-refractivity contribution in [3.8, 4) is 0 Å². The number of allylic oxidation sites excluding steroid dienone is 2. The molecule has 8 aromatic rings. The first-order chi connectivity index (χ1) is 34.1. The normalized spacial score (nSPS) is 18.9. The summed E-state index contributed by atoms with van der Waals surface area (Å²) in [5.74, 6) is -0.475. The van der Waals surface area contributed by atoms with Crippen LogP contribution < -0.4 is 31.4 Å². The molecule has 1 unspecified atom stereocenters. The monoisotopic (exact) mass is 1050 g/mol. The Balaban J connectivity index is 0.00000611. The SMILES string of the molecule is CC(C)(C)c1ccc(/C2=c3\cc/c([n-]3)=C(\c3ccc(C(C)(C)C)cc3)c3ccc([nH]3)/C(c3ccc(C(C)(C)C)cc3)=c3/cc/c([n-]3)=C3/C4=C(C(=O)C2=N4)C(c2ccccc2)c2cc(C(C)(C)C)ccc23)cc1.[Pd+2]. The molecule has 1 aliphatic carbocycles. The van der Waals surface area contributed by atoms with Crippen LogP contribution in [0.25, 0.3) is 22.3 Å². The van der Waals surface area contributed by atoms with Gasteiger partial charge in [0, 0.05) is 22.9 Å². The molecule has 11 rings (SSSR count). The predicted molar refractivity (Wildman–Crippen MR) is 295 cm³/mol. The van der Waals surface area contributed by atoms with Crippen LogP contribution in [0.15, 0.2) is 174 Å². The van der Waals surface area contributed by atoms with Gasteiger partial charge < -0.3 is 15.0 Å². The van der Waals surface area contributed by atoms with E-state index in [0.29, 0.717) is 27.9 Å². The molecule has 0 radical (unpaired) electrons. The van der Waals surface area contributed by atoms with Gasteiger partial charge in [-0.15, -0.1) is 21.4 Å². The van der Waals surface area contributed by atoms with Crippen LogP contribution in [0, 0.1) is 0 Å². The van der Waals surface area contributed by atoms with E-state index in [-0.39, 0.29) is 53.8 Å². The van der Waals surface area contributed by atoms with Crippen LogP contribution in [0.1, 0.15) is 156 Å². The van der Waals surface area contributed by atoms with E-state index in [4.69, 9.17) is 15.0 Å². The number of Topliss-reactive ketones (excluding diaryl/α,β-unsaturated/α-hetero) is 1. The number of H-pyrrole nitrogens is 1. The standard InChI is InChI=1S/C67H65N4O.Pd/c1-64(2,3)43-24-18-40(19-25-43)56-49-32-33-50(68-49)57(41-20-26-44(27-21-41)65(4,5)6)52-35-37-54(70-52)59-47-31-30-46(67(10,11)12)38-48(47)55(39-16-14-13-15-17-39)60-61(59)71-62(63(60)72)58(53-36-34-51(56)69-53)42-22-28-45(29-23-42)66(7,8)9;/h13-38,55H,1-12H3,(H2-,68,69,70,71,72);/q-1;+2/p-1/b56-49?,56-51-,57-50?,57-52-,58-53-,59-54-,62-58?;. The van der Waals surface area contributed by atoms with Crippen molar-refractivity contribution < 1.29 is 25.2 Å². The van der Waals surface area contributed by atoms with Gasteiger partial charge >= 0.3 is 20.4 Å². The Bertz CT molecular complexity index is 3810. The Morgan fingerprint density at radius 3 is 1.27 bits per heavy atom. The second-order valence-electron chi connectivity index (χ2n) is 24.1. The van der Waals surface area contributed by atoms with E-state index >= 15 is 4.79 Å². The minimum absolute atomic E-state index is 0. The smallest absolute Gasteiger partial charge is 0.657 e. The van der Waals surface area contributed by atoms with E-state index in [9.17, 15) is 0 Å². The van der Waals surface area contributed by atoms with Gasteiger partial charge in [0.25, 0.3) is 0 Å². The fraction of sp³-hybridized carbons (Fsp3) is 0.254. The van der Waals surface area contributed by atoms with Crippen molar-refractivity contribution in [1.82, 2.24) is 15.0 Å². The molecule has 73 heavy (non-hydrogen) atoms. The predicted octanol–water partition coefficient (Wildman–Crippen LogP) is 11.4. The Morgan fingerprint density at radius 1 is 0.438 bits per heavy atom. The molecule has 1 N–H and O–H groups in total. The number of aromatic nitrogens is 3. The van der Waals surface area contributed by atoms with Gasteiger partial charge in [-0.2, -0.15) is 0 Å². The number of hydrogen-bond acceptors (Lipinski definition) is 2. The van der Waals surface area contributed by atoms with E-state index in [0.717, 1.165) is 77.5 Å². The minimum atomic E-state index is -0.378. The van der Waals surface area contributed by atoms with Gasteiger partial charge in [-0.05, 0) is 112 Å². The third kappa shape index (κ3) is 8.87. The number of nitrogens with zero attached hydrogens (tertiary/aromatic N) is 3. The van der Waals surface area contributed by atoms with Crippen LogP contribution in [0.5, 0.6) is 0 Å². The summed E-state index contributed by atoms with van der Waals surface area (Å²) >= 11 is 0. The largest absolute Gasteiger partial charge is 2.00 e. The molecule has 0 amide bonds. The molecule has 0 spiro atoms. The molecule has 1 atom stereocenters. The number of aliphatic imine (C=N–C) groups is 1. The molecule has 0 saturated carbocycles. The van der Waals surface area contributed by atoms with Gasteiger partial charge in [-0.1, -0.05) is 229 Å². The van der Waals surface area contributed by atoms with Gasteiger partial charge in [-0.25, -0.2) is 4.99 Å². The maximum absolute atomic E-state index is 16.1. The molecule has 5 aromatic carbocycles. The second kappa shape index (κ2) is 18.0. The van der Waals surface area contributed by atoms with E-state index in [2.05, 4.69) is 240 Å². The summed E-state index contributed by atoms with van der Waals surface area (Å²) in [5.41, 5.74) is 17.9. The first kappa shape index (κ1) is 49.7. The van der Waals surface area contributed by atoms with E-state index in [1.807, 2.05) is 6.07 Å². The molecule has 5 heterocycles. The fourth-order valence-electron chi connectivity index (χ4n) is 10.8. The number of nitrogens with one attached hydrogen (secondary N) is 1. The number of hydrogen-bond donors (Lipinski definition) is 1. The number of carbonyl (C=O) groups is 1. The van der Waals surface area contributed by atoms with Crippen LogP contribution in [-0.2, 0) is 46.9 Å².